The Bertz CT molecular complexity index is 613. The number of nitrogens with zero attached hydrogens (tertiary/aromatic N) is 2. The molecule has 6 heteroatoms. The van der Waals surface area contributed by atoms with Crippen LogP contribution < -0.4 is 15.8 Å². The molecule has 6 nitrogen and oxygen atoms in total. The van der Waals surface area contributed by atoms with Crippen molar-refractivity contribution in [2.75, 3.05) is 39.4 Å². The Balaban J connectivity index is 1.80. The van der Waals surface area contributed by atoms with Gasteiger partial charge in [0.05, 0.1) is 25.9 Å². The molecule has 28 heavy (non-hydrogen) atoms. The van der Waals surface area contributed by atoms with Crippen molar-refractivity contribution < 1.29 is 9.47 Å². The Labute approximate surface area is 170 Å². The van der Waals surface area contributed by atoms with Crippen LogP contribution in [-0.2, 0) is 11.3 Å². The SMILES string of the molecule is Cc1ccc(CN=C(N)NCCCN2CCOCC2)c(OC(C)CC(C)C)c1. The highest BCUT2D eigenvalue weighted by Crippen LogP contribution is 2.24. The minimum atomic E-state index is 0.181. The zero-order valence-corrected chi connectivity index (χ0v) is 18.0. The number of rotatable bonds is 10. The number of morpholine rings is 1. The second-order valence-electron chi connectivity index (χ2n) is 8.11. The second-order valence-corrected chi connectivity index (χ2v) is 8.11. The largest absolute Gasteiger partial charge is 0.490 e. The Morgan fingerprint density at radius 2 is 2.04 bits per heavy atom. The predicted molar refractivity (Wildman–Crippen MR) is 116 cm³/mol. The van der Waals surface area contributed by atoms with Crippen molar-refractivity contribution in [1.82, 2.24) is 10.2 Å². The first-order valence-electron chi connectivity index (χ1n) is 10.5. The Morgan fingerprint density at radius 1 is 1.29 bits per heavy atom. The molecule has 1 aromatic rings. The summed E-state index contributed by atoms with van der Waals surface area (Å²) in [5.41, 5.74) is 8.31. The van der Waals surface area contributed by atoms with E-state index in [1.807, 2.05) is 0 Å². The van der Waals surface area contributed by atoms with Crippen LogP contribution in [0.2, 0.25) is 0 Å². The minimum absolute atomic E-state index is 0.181. The number of guanidine groups is 1. The molecule has 158 valence electrons. The highest BCUT2D eigenvalue weighted by Gasteiger charge is 2.11. The number of aryl methyl sites for hydroxylation is 1. The Hall–Kier alpha value is -1.79. The van der Waals surface area contributed by atoms with Crippen LogP contribution in [0.5, 0.6) is 5.75 Å². The molecule has 1 saturated heterocycles. The van der Waals surface area contributed by atoms with Crippen molar-refractivity contribution in [3.05, 3.63) is 29.3 Å². The maximum atomic E-state index is 6.19. The van der Waals surface area contributed by atoms with Crippen LogP contribution in [0.15, 0.2) is 23.2 Å². The van der Waals surface area contributed by atoms with Gasteiger partial charge in [-0.1, -0.05) is 26.0 Å². The van der Waals surface area contributed by atoms with Crippen molar-refractivity contribution >= 4 is 5.96 Å². The second kappa shape index (κ2) is 11.9. The normalized spacial score (nSPS) is 17.0. The van der Waals surface area contributed by atoms with Crippen LogP contribution in [0, 0.1) is 12.8 Å². The van der Waals surface area contributed by atoms with Crippen LogP contribution in [0.25, 0.3) is 0 Å². The lowest BCUT2D eigenvalue weighted by Gasteiger charge is -2.26. The number of ether oxygens (including phenoxy) is 2. The van der Waals surface area contributed by atoms with Crippen molar-refractivity contribution in [2.45, 2.75) is 53.2 Å². The summed E-state index contributed by atoms with van der Waals surface area (Å²) in [4.78, 5) is 6.93. The van der Waals surface area contributed by atoms with Gasteiger partial charge in [0.2, 0.25) is 0 Å². The van der Waals surface area contributed by atoms with Crippen molar-refractivity contribution in [3.63, 3.8) is 0 Å². The molecule has 1 aromatic carbocycles. The fraction of sp³-hybridized carbons (Fsp3) is 0.682. The third kappa shape index (κ3) is 8.48. The van der Waals surface area contributed by atoms with Gasteiger partial charge in [-0.2, -0.15) is 0 Å². The molecule has 0 bridgehead atoms. The molecule has 2 rings (SSSR count). The fourth-order valence-electron chi connectivity index (χ4n) is 3.40. The lowest BCUT2D eigenvalue weighted by Crippen LogP contribution is -2.39. The number of nitrogens with one attached hydrogen (secondary N) is 1. The molecule has 0 radical (unpaired) electrons. The molecule has 0 spiro atoms. The van der Waals surface area contributed by atoms with Gasteiger partial charge < -0.3 is 20.5 Å². The molecular formula is C22H38N4O2. The third-order valence-electron chi connectivity index (χ3n) is 4.83. The fourth-order valence-corrected chi connectivity index (χ4v) is 3.40. The average molecular weight is 391 g/mol. The quantitative estimate of drug-likeness (QED) is 0.365. The Morgan fingerprint density at radius 3 is 2.75 bits per heavy atom. The Kier molecular flexibility index (Phi) is 9.58. The number of benzene rings is 1. The number of hydrogen-bond acceptors (Lipinski definition) is 4. The highest BCUT2D eigenvalue weighted by atomic mass is 16.5. The van der Waals surface area contributed by atoms with Gasteiger partial charge in [-0.05, 0) is 50.8 Å². The monoisotopic (exact) mass is 390 g/mol. The maximum Gasteiger partial charge on any atom is 0.188 e. The molecule has 1 aliphatic rings. The van der Waals surface area contributed by atoms with E-state index in [2.05, 4.69) is 61.1 Å². The highest BCUT2D eigenvalue weighted by molar-refractivity contribution is 5.77. The molecule has 1 unspecified atom stereocenters. The van der Waals surface area contributed by atoms with Gasteiger partial charge in [-0.25, -0.2) is 4.99 Å². The van der Waals surface area contributed by atoms with Gasteiger partial charge in [0, 0.05) is 25.2 Å². The first kappa shape index (κ1) is 22.5. The first-order chi connectivity index (χ1) is 13.4. The topological polar surface area (TPSA) is 72.1 Å². The molecule has 1 fully saturated rings. The van der Waals surface area contributed by atoms with Crippen molar-refractivity contribution in [2.24, 2.45) is 16.6 Å². The molecule has 0 saturated carbocycles. The maximum absolute atomic E-state index is 6.19. The van der Waals surface area contributed by atoms with Crippen molar-refractivity contribution in [3.8, 4) is 5.75 Å². The molecule has 0 aromatic heterocycles. The van der Waals surface area contributed by atoms with Gasteiger partial charge >= 0.3 is 0 Å². The summed E-state index contributed by atoms with van der Waals surface area (Å²) in [7, 11) is 0. The van der Waals surface area contributed by atoms with E-state index in [-0.39, 0.29) is 6.10 Å². The number of hydrogen-bond donors (Lipinski definition) is 2. The summed E-state index contributed by atoms with van der Waals surface area (Å²) >= 11 is 0. The van der Waals surface area contributed by atoms with Crippen LogP contribution in [0.3, 0.4) is 0 Å². The van der Waals surface area contributed by atoms with Gasteiger partial charge in [0.1, 0.15) is 5.75 Å². The van der Waals surface area contributed by atoms with Gasteiger partial charge in [-0.3, -0.25) is 4.90 Å². The zero-order chi connectivity index (χ0) is 20.4. The summed E-state index contributed by atoms with van der Waals surface area (Å²) in [6.45, 7) is 14.8. The molecular weight excluding hydrogens is 352 g/mol. The molecule has 1 heterocycles. The van der Waals surface area contributed by atoms with E-state index >= 15 is 0 Å². The summed E-state index contributed by atoms with van der Waals surface area (Å²) < 4.78 is 11.6. The summed E-state index contributed by atoms with van der Waals surface area (Å²) in [5.74, 6) is 2.01. The molecule has 3 N–H and O–H groups in total. The van der Waals surface area contributed by atoms with E-state index < -0.39 is 0 Å². The van der Waals surface area contributed by atoms with Crippen molar-refractivity contribution in [1.29, 1.82) is 0 Å². The zero-order valence-electron chi connectivity index (χ0n) is 18.0. The predicted octanol–water partition coefficient (Wildman–Crippen LogP) is 2.94. The molecule has 1 atom stereocenters. The number of aliphatic imine (C=N–C) groups is 1. The van der Waals surface area contributed by atoms with Gasteiger partial charge in [-0.15, -0.1) is 0 Å². The van der Waals surface area contributed by atoms with Crippen LogP contribution in [0.1, 0.15) is 44.7 Å². The van der Waals surface area contributed by atoms with Gasteiger partial charge in [0.15, 0.2) is 5.96 Å². The lowest BCUT2D eigenvalue weighted by atomic mass is 10.1. The minimum Gasteiger partial charge on any atom is -0.490 e. The molecule has 1 aliphatic heterocycles. The van der Waals surface area contributed by atoms with E-state index in [1.165, 1.54) is 5.56 Å². The first-order valence-corrected chi connectivity index (χ1v) is 10.5. The molecule has 0 amide bonds. The van der Waals surface area contributed by atoms with Crippen LogP contribution in [0.4, 0.5) is 0 Å². The lowest BCUT2D eigenvalue weighted by molar-refractivity contribution is 0.0376. The van der Waals surface area contributed by atoms with Crippen LogP contribution >= 0.6 is 0 Å². The number of nitrogens with two attached hydrogens (primary N) is 1. The molecule has 0 aliphatic carbocycles. The van der Waals surface area contributed by atoms with E-state index in [0.29, 0.717) is 18.4 Å². The van der Waals surface area contributed by atoms with E-state index in [1.54, 1.807) is 0 Å². The van der Waals surface area contributed by atoms with Crippen LogP contribution in [-0.4, -0.2) is 56.4 Å². The van der Waals surface area contributed by atoms with E-state index in [0.717, 1.165) is 63.5 Å². The third-order valence-corrected chi connectivity index (χ3v) is 4.83. The average Bonchev–Trinajstić information content (AvgIpc) is 2.65. The standard InChI is InChI=1S/C22H38N4O2/c1-17(2)14-19(4)28-21-15-18(3)6-7-20(21)16-25-22(23)24-8-5-9-26-10-12-27-13-11-26/h6-7,15,17,19H,5,8-14,16H2,1-4H3,(H3,23,24,25). The van der Waals surface area contributed by atoms with E-state index in [4.69, 9.17) is 15.2 Å². The van der Waals surface area contributed by atoms with E-state index in [9.17, 15) is 0 Å². The smallest absolute Gasteiger partial charge is 0.188 e. The van der Waals surface area contributed by atoms with Gasteiger partial charge in [0.25, 0.3) is 0 Å². The summed E-state index contributed by atoms with van der Waals surface area (Å²) in [6, 6.07) is 6.27. The summed E-state index contributed by atoms with van der Waals surface area (Å²) in [5, 5.41) is 3.22. The summed E-state index contributed by atoms with van der Waals surface area (Å²) in [6.07, 6.45) is 2.26.